The number of hydrogen-bond acceptors (Lipinski definition) is 13. The Morgan fingerprint density at radius 1 is 0.651 bits per heavy atom. The van der Waals surface area contributed by atoms with Crippen molar-refractivity contribution in [1.82, 2.24) is 19.8 Å². The first-order chi connectivity index (χ1) is 28.9. The molecule has 1 N–H and O–H groups in total. The summed E-state index contributed by atoms with van der Waals surface area (Å²) in [5.41, 5.74) is -2.45. The van der Waals surface area contributed by atoms with Crippen LogP contribution in [0.2, 0.25) is 10.0 Å². The number of aliphatic carboxylic acids is 1. The number of carbonyl (C=O) groups excluding carboxylic acids is 5. The SMILES string of the molecule is CC(C)(C)OC(=O)C[C@H](C(=O)N1C[C@H](Oc2ccc(Cl)cn2)C[C@H]1C(=O)O)C(C)(C)C.COC(=O)[C@@H]1C[C@@H](Oc2ccc(Cl)cn2)CN1C(=O)[C@@H](CC(=O)OC(C)(C)C)C(C)(C)C. The molecule has 2 saturated heterocycles. The van der Waals surface area contributed by atoms with Crippen molar-refractivity contribution in [3.8, 4) is 11.8 Å². The van der Waals surface area contributed by atoms with E-state index in [2.05, 4.69) is 9.97 Å². The molecule has 63 heavy (non-hydrogen) atoms. The van der Waals surface area contributed by atoms with Crippen LogP contribution in [0.4, 0.5) is 0 Å². The highest BCUT2D eigenvalue weighted by molar-refractivity contribution is 6.30. The van der Waals surface area contributed by atoms with Crippen molar-refractivity contribution < 1.29 is 57.6 Å². The summed E-state index contributed by atoms with van der Waals surface area (Å²) in [6.45, 7) is 22.0. The van der Waals surface area contributed by atoms with Crippen LogP contribution in [0.3, 0.4) is 0 Å². The number of rotatable bonds is 12. The Hall–Kier alpha value is -4.70. The van der Waals surface area contributed by atoms with E-state index in [4.69, 9.17) is 46.9 Å². The number of aromatic nitrogens is 2. The number of ether oxygens (including phenoxy) is 5. The summed E-state index contributed by atoms with van der Waals surface area (Å²) in [7, 11) is 1.28. The van der Waals surface area contributed by atoms with Crippen LogP contribution in [0.15, 0.2) is 36.7 Å². The molecular formula is C45H64Cl2N4O12. The van der Waals surface area contributed by atoms with Gasteiger partial charge in [-0.1, -0.05) is 64.7 Å². The summed E-state index contributed by atoms with van der Waals surface area (Å²) in [6, 6.07) is 4.62. The van der Waals surface area contributed by atoms with Gasteiger partial charge in [-0.3, -0.25) is 19.2 Å². The Balaban J connectivity index is 0.000000335. The number of carboxylic acids is 1. The molecule has 2 amide bonds. The Kier molecular flexibility index (Phi) is 17.8. The van der Waals surface area contributed by atoms with Gasteiger partial charge in [0.25, 0.3) is 0 Å². The second kappa shape index (κ2) is 21.3. The van der Waals surface area contributed by atoms with Gasteiger partial charge in [-0.15, -0.1) is 0 Å². The monoisotopic (exact) mass is 922 g/mol. The highest BCUT2D eigenvalue weighted by Crippen LogP contribution is 2.36. The van der Waals surface area contributed by atoms with Crippen molar-refractivity contribution in [3.63, 3.8) is 0 Å². The Labute approximate surface area is 380 Å². The summed E-state index contributed by atoms with van der Waals surface area (Å²) < 4.78 is 27.4. The van der Waals surface area contributed by atoms with E-state index in [0.717, 1.165) is 0 Å². The number of methoxy groups -OCH3 is 1. The highest BCUT2D eigenvalue weighted by Gasteiger charge is 2.48. The topological polar surface area (TPSA) is 201 Å². The molecule has 2 aromatic rings. The first kappa shape index (κ1) is 52.6. The average molecular weight is 924 g/mol. The maximum Gasteiger partial charge on any atom is 0.328 e. The molecule has 4 rings (SSSR count). The van der Waals surface area contributed by atoms with Gasteiger partial charge in [0.1, 0.15) is 35.5 Å². The minimum absolute atomic E-state index is 0.0843. The van der Waals surface area contributed by atoms with E-state index in [1.54, 1.807) is 65.8 Å². The van der Waals surface area contributed by atoms with Crippen LogP contribution in [0.25, 0.3) is 0 Å². The minimum Gasteiger partial charge on any atom is -0.480 e. The number of nitrogens with zero attached hydrogens (tertiary/aromatic N) is 4. The molecule has 0 bridgehead atoms. The van der Waals surface area contributed by atoms with Gasteiger partial charge >= 0.3 is 23.9 Å². The summed E-state index contributed by atoms with van der Waals surface area (Å²) in [5, 5.41) is 10.6. The number of carbonyl (C=O) groups is 6. The zero-order valence-corrected chi connectivity index (χ0v) is 40.2. The zero-order chi connectivity index (χ0) is 47.8. The predicted molar refractivity (Wildman–Crippen MR) is 234 cm³/mol. The van der Waals surface area contributed by atoms with Crippen LogP contribution in [-0.4, -0.2) is 116 Å². The highest BCUT2D eigenvalue weighted by atomic mass is 35.5. The Morgan fingerprint density at radius 3 is 1.32 bits per heavy atom. The van der Waals surface area contributed by atoms with Crippen molar-refractivity contribution in [2.24, 2.45) is 22.7 Å². The fourth-order valence-corrected chi connectivity index (χ4v) is 7.30. The first-order valence-electron chi connectivity index (χ1n) is 20.8. The molecule has 0 spiro atoms. The minimum atomic E-state index is -1.12. The number of halogens is 2. The lowest BCUT2D eigenvalue weighted by atomic mass is 9.77. The third-order valence-corrected chi connectivity index (χ3v) is 10.5. The van der Waals surface area contributed by atoms with E-state index in [-0.39, 0.29) is 44.7 Å². The van der Waals surface area contributed by atoms with Gasteiger partial charge in [0.2, 0.25) is 23.6 Å². The van der Waals surface area contributed by atoms with E-state index >= 15 is 0 Å². The van der Waals surface area contributed by atoms with E-state index in [1.165, 1.54) is 29.3 Å². The predicted octanol–water partition coefficient (Wildman–Crippen LogP) is 7.21. The van der Waals surface area contributed by atoms with Crippen LogP contribution >= 0.6 is 23.2 Å². The van der Waals surface area contributed by atoms with Gasteiger partial charge in [-0.2, -0.15) is 0 Å². The average Bonchev–Trinajstić information content (AvgIpc) is 3.77. The fourth-order valence-electron chi connectivity index (χ4n) is 7.08. The molecule has 0 aliphatic carbocycles. The molecule has 18 heteroatoms. The first-order valence-corrected chi connectivity index (χ1v) is 21.6. The molecular weight excluding hydrogens is 859 g/mol. The second-order valence-corrected chi connectivity index (χ2v) is 20.7. The number of pyridine rings is 2. The molecule has 350 valence electrons. The number of amides is 2. The number of hydrogen-bond donors (Lipinski definition) is 1. The van der Waals surface area contributed by atoms with Gasteiger partial charge in [-0.25, -0.2) is 19.6 Å². The van der Waals surface area contributed by atoms with Gasteiger partial charge in [0.15, 0.2) is 0 Å². The largest absolute Gasteiger partial charge is 0.480 e. The van der Waals surface area contributed by atoms with E-state index in [1.807, 2.05) is 41.5 Å². The smallest absolute Gasteiger partial charge is 0.328 e. The van der Waals surface area contributed by atoms with Crippen LogP contribution in [0.5, 0.6) is 11.8 Å². The molecule has 4 heterocycles. The number of likely N-dealkylation sites (tertiary alicyclic amines) is 2. The van der Waals surface area contributed by atoms with Crippen molar-refractivity contribution in [2.75, 3.05) is 20.2 Å². The summed E-state index contributed by atoms with van der Waals surface area (Å²) in [4.78, 5) is 87.2. The van der Waals surface area contributed by atoms with E-state index in [0.29, 0.717) is 21.8 Å². The maximum absolute atomic E-state index is 13.6. The third kappa shape index (κ3) is 16.4. The Bertz CT molecular complexity index is 1920. The molecule has 0 radical (unpaired) electrons. The normalized spacial score (nSPS) is 20.1. The molecule has 2 aliphatic heterocycles. The van der Waals surface area contributed by atoms with Crippen LogP contribution in [-0.2, 0) is 43.0 Å². The molecule has 6 atom stereocenters. The maximum atomic E-state index is 13.6. The van der Waals surface area contributed by atoms with Crippen molar-refractivity contribution >= 4 is 58.9 Å². The summed E-state index contributed by atoms with van der Waals surface area (Å²) in [6.07, 6.45) is 2.05. The van der Waals surface area contributed by atoms with Gasteiger partial charge in [0, 0.05) is 37.4 Å². The molecule has 2 aromatic heterocycles. The second-order valence-electron chi connectivity index (χ2n) is 19.9. The quantitative estimate of drug-likeness (QED) is 0.165. The number of carboxylic acid groups (broad SMARTS) is 1. The van der Waals surface area contributed by atoms with E-state index in [9.17, 15) is 33.9 Å². The Morgan fingerprint density at radius 2 is 1.02 bits per heavy atom. The molecule has 0 aromatic carbocycles. The molecule has 0 saturated carbocycles. The van der Waals surface area contributed by atoms with Crippen molar-refractivity contribution in [3.05, 3.63) is 46.7 Å². The van der Waals surface area contributed by atoms with Gasteiger partial charge in [0.05, 0.1) is 54.9 Å². The summed E-state index contributed by atoms with van der Waals surface area (Å²) >= 11 is 11.7. The zero-order valence-electron chi connectivity index (χ0n) is 38.7. The van der Waals surface area contributed by atoms with Crippen LogP contribution in [0, 0.1) is 22.7 Å². The van der Waals surface area contributed by atoms with E-state index < -0.39 is 87.9 Å². The lowest BCUT2D eigenvalue weighted by molar-refractivity contribution is -0.162. The molecule has 2 aliphatic rings. The standard InChI is InChI=1S/C23H33ClN2O6.C22H31ClN2O6/c1-22(2,3)16(11-19(27)32-23(4,5)6)20(28)26-13-15(10-17(26)21(29)30-7)31-18-9-8-14(24)12-25-18;1-21(2,3)15(10-18(26)31-22(4,5)6)19(27)25-12-14(9-16(25)20(28)29)30-17-8-7-13(23)11-24-17/h8-9,12,15-17H,10-11,13H2,1-7H3;7-8,11,14-16H,9-10,12H2,1-6H3,(H,28,29)/t15-,16-,17+;14-,15-,16+/m11/s1. The van der Waals surface area contributed by atoms with Gasteiger partial charge in [-0.05, 0) is 64.5 Å². The van der Waals surface area contributed by atoms with Crippen LogP contribution < -0.4 is 9.47 Å². The lowest BCUT2D eigenvalue weighted by Gasteiger charge is -2.34. The molecule has 2 fully saturated rings. The lowest BCUT2D eigenvalue weighted by Crippen LogP contribution is -2.48. The molecule has 0 unspecified atom stereocenters. The fraction of sp³-hybridized carbons (Fsp3) is 0.644. The van der Waals surface area contributed by atoms with Crippen molar-refractivity contribution in [1.29, 1.82) is 0 Å². The summed E-state index contributed by atoms with van der Waals surface area (Å²) in [5.74, 6) is -4.09. The van der Waals surface area contributed by atoms with Crippen LogP contribution in [0.1, 0.15) is 109 Å². The van der Waals surface area contributed by atoms with Crippen molar-refractivity contribution in [2.45, 2.75) is 144 Å². The molecule has 16 nitrogen and oxygen atoms in total. The third-order valence-electron chi connectivity index (χ3n) is 10.1. The van der Waals surface area contributed by atoms with Gasteiger partial charge < -0.3 is 38.6 Å². The number of esters is 3.